The summed E-state index contributed by atoms with van der Waals surface area (Å²) < 4.78 is 5.27. The van der Waals surface area contributed by atoms with Crippen LogP contribution in [0.25, 0.3) is 58.8 Å². The Morgan fingerprint density at radius 2 is 1.33 bits per heavy atom. The monoisotopic (exact) mass is 603 g/mol. The summed E-state index contributed by atoms with van der Waals surface area (Å²) in [6.07, 6.45) is 0. The van der Waals surface area contributed by atoms with E-state index in [1.165, 1.54) is 89.5 Å². The van der Waals surface area contributed by atoms with Gasteiger partial charge in [0.2, 0.25) is 0 Å². The molecule has 0 saturated carbocycles. The SMILES string of the molecule is CC1(C)c2ccccc2-c2cc3c(cc21)c1ccc2c(c1n3-c1cccc3c1sc1ccccc13)Sc1ccccc1S2. The van der Waals surface area contributed by atoms with Crippen LogP contribution >= 0.6 is 34.9 Å². The van der Waals surface area contributed by atoms with E-state index < -0.39 is 0 Å². The smallest absolute Gasteiger partial charge is 0.0692 e. The van der Waals surface area contributed by atoms with E-state index in [4.69, 9.17) is 0 Å². The maximum atomic E-state index is 2.59. The molecule has 0 fully saturated rings. The average Bonchev–Trinajstić information content (AvgIpc) is 3.65. The van der Waals surface area contributed by atoms with E-state index in [0.717, 1.165) is 0 Å². The fourth-order valence-electron chi connectivity index (χ4n) is 7.43. The normalized spacial score (nSPS) is 14.7. The van der Waals surface area contributed by atoms with E-state index in [-0.39, 0.29) is 5.41 Å². The van der Waals surface area contributed by atoms with E-state index in [1.807, 2.05) is 34.9 Å². The van der Waals surface area contributed by atoms with Gasteiger partial charge < -0.3 is 4.57 Å². The van der Waals surface area contributed by atoms with Crippen LogP contribution in [0.5, 0.6) is 0 Å². The number of hydrogen-bond donors (Lipinski definition) is 0. The number of hydrogen-bond acceptors (Lipinski definition) is 3. The van der Waals surface area contributed by atoms with Crippen molar-refractivity contribution in [2.24, 2.45) is 0 Å². The Kier molecular flexibility index (Phi) is 4.88. The lowest BCUT2D eigenvalue weighted by molar-refractivity contribution is 0.661. The molecular formula is C39H25NS3. The minimum Gasteiger partial charge on any atom is -0.307 e. The van der Waals surface area contributed by atoms with Gasteiger partial charge in [0.1, 0.15) is 0 Å². The minimum atomic E-state index is -0.0439. The summed E-state index contributed by atoms with van der Waals surface area (Å²) in [7, 11) is 0. The molecule has 0 unspecified atom stereocenters. The number of thiophene rings is 1. The molecule has 3 heterocycles. The fraction of sp³-hybridized carbons (Fsp3) is 0.0769. The number of nitrogens with zero attached hydrogens (tertiary/aromatic N) is 1. The summed E-state index contributed by atoms with van der Waals surface area (Å²) in [5.74, 6) is 0. The first-order chi connectivity index (χ1) is 21.1. The molecule has 2 aromatic heterocycles. The van der Waals surface area contributed by atoms with Crippen LogP contribution < -0.4 is 0 Å². The van der Waals surface area contributed by atoms with Crippen LogP contribution in [0.2, 0.25) is 0 Å². The Labute approximate surface area is 262 Å². The predicted molar refractivity (Wildman–Crippen MR) is 186 cm³/mol. The van der Waals surface area contributed by atoms with E-state index in [0.29, 0.717) is 0 Å². The summed E-state index contributed by atoms with van der Waals surface area (Å²) in [4.78, 5) is 5.37. The molecule has 1 aliphatic heterocycles. The van der Waals surface area contributed by atoms with Crippen LogP contribution in [-0.4, -0.2) is 4.57 Å². The summed E-state index contributed by atoms with van der Waals surface area (Å²) in [6, 6.07) is 43.2. The molecule has 6 aromatic carbocycles. The number of fused-ring (bicyclic) bond motifs is 12. The molecule has 8 aromatic rings. The first-order valence-corrected chi connectivity index (χ1v) is 17.1. The Morgan fingerprint density at radius 1 is 0.558 bits per heavy atom. The van der Waals surface area contributed by atoms with Gasteiger partial charge in [-0.15, -0.1) is 11.3 Å². The molecule has 0 saturated heterocycles. The number of rotatable bonds is 1. The van der Waals surface area contributed by atoms with Crippen molar-refractivity contribution in [1.29, 1.82) is 0 Å². The topological polar surface area (TPSA) is 4.93 Å². The highest BCUT2D eigenvalue weighted by Gasteiger charge is 2.36. The lowest BCUT2D eigenvalue weighted by Crippen LogP contribution is -2.14. The summed E-state index contributed by atoms with van der Waals surface area (Å²) in [5.41, 5.74) is 9.39. The highest BCUT2D eigenvalue weighted by molar-refractivity contribution is 8.05. The van der Waals surface area contributed by atoms with Crippen LogP contribution in [0.4, 0.5) is 0 Å². The van der Waals surface area contributed by atoms with Crippen molar-refractivity contribution in [2.75, 3.05) is 0 Å². The molecule has 204 valence electrons. The Bertz CT molecular complexity index is 2490. The van der Waals surface area contributed by atoms with Gasteiger partial charge in [-0.25, -0.2) is 0 Å². The van der Waals surface area contributed by atoms with Crippen molar-refractivity contribution in [1.82, 2.24) is 4.57 Å². The van der Waals surface area contributed by atoms with Gasteiger partial charge in [-0.05, 0) is 64.7 Å². The maximum Gasteiger partial charge on any atom is 0.0692 e. The molecule has 1 nitrogen and oxygen atoms in total. The molecule has 43 heavy (non-hydrogen) atoms. The average molecular weight is 604 g/mol. The highest BCUT2D eigenvalue weighted by atomic mass is 32.2. The Balaban J connectivity index is 1.38. The molecule has 4 heteroatoms. The van der Waals surface area contributed by atoms with Gasteiger partial charge in [-0.1, -0.05) is 110 Å². The molecule has 0 spiro atoms. The second-order valence-corrected chi connectivity index (χ2v) is 15.3. The van der Waals surface area contributed by atoms with E-state index in [2.05, 4.69) is 134 Å². The third kappa shape index (κ3) is 3.21. The van der Waals surface area contributed by atoms with Crippen LogP contribution in [-0.2, 0) is 5.41 Å². The van der Waals surface area contributed by atoms with Gasteiger partial charge in [0, 0.05) is 46.3 Å². The lowest BCUT2D eigenvalue weighted by atomic mass is 9.82. The zero-order chi connectivity index (χ0) is 28.4. The molecule has 0 bridgehead atoms. The molecule has 0 atom stereocenters. The van der Waals surface area contributed by atoms with E-state index >= 15 is 0 Å². The molecule has 0 amide bonds. The van der Waals surface area contributed by atoms with Crippen LogP contribution in [0, 0.1) is 0 Å². The van der Waals surface area contributed by atoms with Gasteiger partial charge in [0.25, 0.3) is 0 Å². The minimum absolute atomic E-state index is 0.0439. The zero-order valence-electron chi connectivity index (χ0n) is 23.6. The highest BCUT2D eigenvalue weighted by Crippen LogP contribution is 2.55. The van der Waals surface area contributed by atoms with Crippen LogP contribution in [0.1, 0.15) is 25.0 Å². The Hall–Kier alpha value is -3.96. The third-order valence-corrected chi connectivity index (χ3v) is 13.3. The van der Waals surface area contributed by atoms with Crippen molar-refractivity contribution in [3.63, 3.8) is 0 Å². The molecule has 1 aliphatic carbocycles. The van der Waals surface area contributed by atoms with Crippen molar-refractivity contribution >= 4 is 76.8 Å². The fourth-order valence-corrected chi connectivity index (χ4v) is 11.0. The van der Waals surface area contributed by atoms with E-state index in [9.17, 15) is 0 Å². The van der Waals surface area contributed by atoms with Crippen molar-refractivity contribution < 1.29 is 0 Å². The Morgan fingerprint density at radius 3 is 2.23 bits per heavy atom. The second-order valence-electron chi connectivity index (χ2n) is 12.1. The molecule has 10 rings (SSSR count). The van der Waals surface area contributed by atoms with Crippen molar-refractivity contribution in [2.45, 2.75) is 38.8 Å². The molecule has 2 aliphatic rings. The largest absolute Gasteiger partial charge is 0.307 e. The standard InChI is InChI=1S/C39H25NS3/c1-39(2)28-13-5-3-10-22(28)26-21-31-27(20-29(26)39)24-18-19-35-38(43-34-17-8-7-16-33(34)41-35)36(24)40(31)30-14-9-12-25-23-11-4-6-15-32(23)42-37(25)30/h3-21H,1-2H3. The molecule has 0 radical (unpaired) electrons. The first-order valence-electron chi connectivity index (χ1n) is 14.7. The van der Waals surface area contributed by atoms with Crippen LogP contribution in [0.3, 0.4) is 0 Å². The van der Waals surface area contributed by atoms with Gasteiger partial charge in [0.05, 0.1) is 26.3 Å². The van der Waals surface area contributed by atoms with E-state index in [1.54, 1.807) is 0 Å². The molecular weight excluding hydrogens is 579 g/mol. The molecule has 0 N–H and O–H groups in total. The second kappa shape index (κ2) is 8.57. The first kappa shape index (κ1) is 24.5. The number of aromatic nitrogens is 1. The van der Waals surface area contributed by atoms with Gasteiger partial charge in [-0.3, -0.25) is 0 Å². The van der Waals surface area contributed by atoms with Crippen molar-refractivity contribution in [3.8, 4) is 16.8 Å². The number of benzene rings is 6. The summed E-state index contributed by atoms with van der Waals surface area (Å²) >= 11 is 5.73. The van der Waals surface area contributed by atoms with Gasteiger partial charge in [0.15, 0.2) is 0 Å². The summed E-state index contributed by atoms with van der Waals surface area (Å²) in [6.45, 7) is 4.76. The zero-order valence-corrected chi connectivity index (χ0v) is 26.1. The van der Waals surface area contributed by atoms with Crippen LogP contribution in [0.15, 0.2) is 135 Å². The van der Waals surface area contributed by atoms with Crippen molar-refractivity contribution in [3.05, 3.63) is 126 Å². The van der Waals surface area contributed by atoms with Gasteiger partial charge >= 0.3 is 0 Å². The van der Waals surface area contributed by atoms with Gasteiger partial charge in [-0.2, -0.15) is 0 Å². The predicted octanol–water partition coefficient (Wildman–Crippen LogP) is 12.1. The quantitative estimate of drug-likeness (QED) is 0.184. The summed E-state index contributed by atoms with van der Waals surface area (Å²) in [5, 5.41) is 5.33. The maximum absolute atomic E-state index is 2.59. The lowest BCUT2D eigenvalue weighted by Gasteiger charge is -2.21. The third-order valence-electron chi connectivity index (χ3n) is 9.46.